The van der Waals surface area contributed by atoms with Gasteiger partial charge in [0, 0.05) is 28.2 Å². The van der Waals surface area contributed by atoms with Crippen LogP contribution in [0.15, 0.2) is 48.5 Å². The Morgan fingerprint density at radius 1 is 1.00 bits per heavy atom. The Labute approximate surface area is 186 Å². The molecule has 0 aliphatic carbocycles. The van der Waals surface area contributed by atoms with Crippen LogP contribution in [0, 0.1) is 19.7 Å². The van der Waals surface area contributed by atoms with E-state index < -0.39 is 0 Å². The molecule has 164 valence electrons. The number of aryl methyl sites for hydroxylation is 2. The van der Waals surface area contributed by atoms with E-state index in [2.05, 4.69) is 53.3 Å². The maximum Gasteiger partial charge on any atom is 0.253 e. The summed E-state index contributed by atoms with van der Waals surface area (Å²) in [6, 6.07) is 13.9. The smallest absolute Gasteiger partial charge is 0.253 e. The van der Waals surface area contributed by atoms with Crippen LogP contribution in [0.1, 0.15) is 43.3 Å². The highest BCUT2D eigenvalue weighted by Crippen LogP contribution is 2.25. The van der Waals surface area contributed by atoms with Crippen molar-refractivity contribution in [3.63, 3.8) is 0 Å². The zero-order valence-corrected chi connectivity index (χ0v) is 18.9. The lowest BCUT2D eigenvalue weighted by Crippen LogP contribution is -2.17. The minimum absolute atomic E-state index is 0.0729. The second-order valence-corrected chi connectivity index (χ2v) is 8.97. The number of benzene rings is 2. The number of aromatic nitrogens is 4. The normalized spacial score (nSPS) is 11.7. The summed E-state index contributed by atoms with van der Waals surface area (Å²) in [5.74, 6) is 0.535. The third kappa shape index (κ3) is 4.37. The summed E-state index contributed by atoms with van der Waals surface area (Å²) in [4.78, 5) is 21.7. The summed E-state index contributed by atoms with van der Waals surface area (Å²) < 4.78 is 14.8. The van der Waals surface area contributed by atoms with Crippen molar-refractivity contribution in [2.45, 2.75) is 46.5 Å². The predicted octanol–water partition coefficient (Wildman–Crippen LogP) is 5.03. The first-order valence-corrected chi connectivity index (χ1v) is 10.5. The highest BCUT2D eigenvalue weighted by Gasteiger charge is 2.18. The zero-order valence-electron chi connectivity index (χ0n) is 18.9. The SMILES string of the molecule is Cc1nc2nc(-c3ccc(C(C)(C)C)cc3)nn2c(C)c1CC(=O)Nc1ccc(F)cc1. The Bertz CT molecular complexity index is 1290. The summed E-state index contributed by atoms with van der Waals surface area (Å²) in [6.45, 7) is 10.3. The number of carbonyl (C=O) groups excluding carboxylic acids is 1. The van der Waals surface area contributed by atoms with Gasteiger partial charge in [0.25, 0.3) is 5.78 Å². The number of halogens is 1. The van der Waals surface area contributed by atoms with Crippen LogP contribution in [0.4, 0.5) is 10.1 Å². The van der Waals surface area contributed by atoms with Gasteiger partial charge < -0.3 is 5.32 Å². The van der Waals surface area contributed by atoms with Gasteiger partial charge >= 0.3 is 0 Å². The third-order valence-electron chi connectivity index (χ3n) is 5.52. The summed E-state index contributed by atoms with van der Waals surface area (Å²) in [5, 5.41) is 7.44. The monoisotopic (exact) mass is 431 g/mol. The summed E-state index contributed by atoms with van der Waals surface area (Å²) in [7, 11) is 0. The molecule has 6 nitrogen and oxygen atoms in total. The molecule has 0 bridgehead atoms. The highest BCUT2D eigenvalue weighted by molar-refractivity contribution is 5.92. The first-order valence-electron chi connectivity index (χ1n) is 10.5. The van der Waals surface area contributed by atoms with E-state index in [4.69, 9.17) is 0 Å². The van der Waals surface area contributed by atoms with Gasteiger partial charge in [0.05, 0.1) is 6.42 Å². The molecule has 0 atom stereocenters. The predicted molar refractivity (Wildman–Crippen MR) is 123 cm³/mol. The number of fused-ring (bicyclic) bond motifs is 1. The van der Waals surface area contributed by atoms with Crippen LogP contribution < -0.4 is 5.32 Å². The molecule has 0 spiro atoms. The van der Waals surface area contributed by atoms with Gasteiger partial charge in [0.15, 0.2) is 5.82 Å². The van der Waals surface area contributed by atoms with Crippen LogP contribution in [0.25, 0.3) is 17.2 Å². The lowest BCUT2D eigenvalue weighted by atomic mass is 9.87. The second kappa shape index (κ2) is 8.15. The molecule has 0 radical (unpaired) electrons. The minimum atomic E-state index is -0.348. The Morgan fingerprint density at radius 3 is 2.28 bits per heavy atom. The quantitative estimate of drug-likeness (QED) is 0.492. The molecule has 0 saturated heterocycles. The fraction of sp³-hybridized carbons (Fsp3) is 0.280. The molecule has 7 heteroatoms. The van der Waals surface area contributed by atoms with E-state index in [0.29, 0.717) is 17.3 Å². The number of rotatable bonds is 4. The molecule has 0 unspecified atom stereocenters. The van der Waals surface area contributed by atoms with Gasteiger partial charge in [-0.2, -0.15) is 4.98 Å². The van der Waals surface area contributed by atoms with E-state index in [1.54, 1.807) is 4.52 Å². The number of carbonyl (C=O) groups is 1. The first kappa shape index (κ1) is 21.6. The van der Waals surface area contributed by atoms with Crippen molar-refractivity contribution in [3.05, 3.63) is 76.9 Å². The van der Waals surface area contributed by atoms with Crippen molar-refractivity contribution in [1.82, 2.24) is 19.6 Å². The molecule has 0 aliphatic rings. The van der Waals surface area contributed by atoms with Gasteiger partial charge in [-0.3, -0.25) is 4.79 Å². The molecule has 0 aliphatic heterocycles. The largest absolute Gasteiger partial charge is 0.326 e. The minimum Gasteiger partial charge on any atom is -0.326 e. The Balaban J connectivity index is 1.61. The molecular formula is C25H26FN5O. The molecule has 2 aromatic carbocycles. The van der Waals surface area contributed by atoms with Gasteiger partial charge in [-0.25, -0.2) is 13.9 Å². The van der Waals surface area contributed by atoms with Crippen LogP contribution in [-0.4, -0.2) is 25.5 Å². The Kier molecular flexibility index (Phi) is 5.50. The van der Waals surface area contributed by atoms with E-state index in [-0.39, 0.29) is 23.6 Å². The maximum atomic E-state index is 13.1. The van der Waals surface area contributed by atoms with Crippen LogP contribution in [0.5, 0.6) is 0 Å². The van der Waals surface area contributed by atoms with E-state index in [0.717, 1.165) is 22.5 Å². The van der Waals surface area contributed by atoms with Gasteiger partial charge in [-0.15, -0.1) is 5.10 Å². The standard InChI is InChI=1S/C25H26FN5O/c1-15-21(14-22(32)28-20-12-10-19(26)11-13-20)16(2)31-24(27-15)29-23(30-31)17-6-8-18(9-7-17)25(3,4)5/h6-13H,14H2,1-5H3,(H,28,32). The number of hydrogen-bond donors (Lipinski definition) is 1. The fourth-order valence-corrected chi connectivity index (χ4v) is 3.60. The fourth-order valence-electron chi connectivity index (χ4n) is 3.60. The molecule has 0 fully saturated rings. The number of anilines is 1. The molecule has 4 aromatic rings. The maximum absolute atomic E-state index is 13.1. The van der Waals surface area contributed by atoms with Gasteiger partial charge in [-0.1, -0.05) is 45.0 Å². The lowest BCUT2D eigenvalue weighted by molar-refractivity contribution is -0.115. The molecule has 2 aromatic heterocycles. The topological polar surface area (TPSA) is 72.2 Å². The summed E-state index contributed by atoms with van der Waals surface area (Å²) >= 11 is 0. The van der Waals surface area contributed by atoms with E-state index in [1.165, 1.54) is 29.8 Å². The van der Waals surface area contributed by atoms with E-state index >= 15 is 0 Å². The first-order chi connectivity index (χ1) is 15.1. The number of hydrogen-bond acceptors (Lipinski definition) is 4. The average molecular weight is 432 g/mol. The summed E-state index contributed by atoms with van der Waals surface area (Å²) in [5.41, 5.74) is 5.10. The molecule has 0 saturated carbocycles. The molecule has 4 rings (SSSR count). The Hall–Kier alpha value is -3.61. The second-order valence-electron chi connectivity index (χ2n) is 8.97. The lowest BCUT2D eigenvalue weighted by Gasteiger charge is -2.18. The molecule has 1 N–H and O–H groups in total. The molecule has 1 amide bonds. The third-order valence-corrected chi connectivity index (χ3v) is 5.52. The van der Waals surface area contributed by atoms with Crippen LogP contribution in [0.3, 0.4) is 0 Å². The number of nitrogens with one attached hydrogen (secondary N) is 1. The van der Waals surface area contributed by atoms with Crippen LogP contribution in [0.2, 0.25) is 0 Å². The van der Waals surface area contributed by atoms with Crippen molar-refractivity contribution in [1.29, 1.82) is 0 Å². The highest BCUT2D eigenvalue weighted by atomic mass is 19.1. The molecule has 2 heterocycles. The number of nitrogens with zero attached hydrogens (tertiary/aromatic N) is 4. The van der Waals surface area contributed by atoms with Gasteiger partial charge in [-0.05, 0) is 49.1 Å². The summed E-state index contributed by atoms with van der Waals surface area (Å²) in [6.07, 6.45) is 0.132. The van der Waals surface area contributed by atoms with Crippen molar-refractivity contribution in [2.75, 3.05) is 5.32 Å². The van der Waals surface area contributed by atoms with Crippen LogP contribution >= 0.6 is 0 Å². The van der Waals surface area contributed by atoms with Crippen molar-refractivity contribution in [2.24, 2.45) is 0 Å². The number of amides is 1. The van der Waals surface area contributed by atoms with Gasteiger partial charge in [0.1, 0.15) is 5.82 Å². The van der Waals surface area contributed by atoms with E-state index in [1.807, 2.05) is 26.0 Å². The molecular weight excluding hydrogens is 405 g/mol. The average Bonchev–Trinajstić information content (AvgIpc) is 3.16. The van der Waals surface area contributed by atoms with Crippen molar-refractivity contribution in [3.8, 4) is 11.4 Å². The van der Waals surface area contributed by atoms with Crippen LogP contribution in [-0.2, 0) is 16.6 Å². The Morgan fingerprint density at radius 2 is 1.66 bits per heavy atom. The van der Waals surface area contributed by atoms with Crippen molar-refractivity contribution < 1.29 is 9.18 Å². The van der Waals surface area contributed by atoms with Gasteiger partial charge in [0.2, 0.25) is 5.91 Å². The van der Waals surface area contributed by atoms with Crippen molar-refractivity contribution >= 4 is 17.4 Å². The molecule has 32 heavy (non-hydrogen) atoms. The van der Waals surface area contributed by atoms with E-state index in [9.17, 15) is 9.18 Å². The zero-order chi connectivity index (χ0) is 23.0.